The lowest BCUT2D eigenvalue weighted by atomic mass is 10.0. The van der Waals surface area contributed by atoms with E-state index in [0.717, 1.165) is 63.1 Å². The molecule has 0 N–H and O–H groups in total. The Hall–Kier alpha value is -2.14. The third kappa shape index (κ3) is 3.40. The number of para-hydroxylation sites is 1. The first-order valence-corrected chi connectivity index (χ1v) is 9.61. The van der Waals surface area contributed by atoms with Crippen LogP contribution in [0.5, 0.6) is 0 Å². The standard InChI is InChI=1S/C21H28N4O/c1-15-5-4-6-16(2)21(15)25-10-8-24(9-11-25)20-13-19(22-17(3)23-20)18-7-12-26-14-18/h4-6,13,18H,7-12,14H2,1-3H3/t18-/m0/s1. The van der Waals surface area contributed by atoms with Crippen LogP contribution in [-0.2, 0) is 4.74 Å². The summed E-state index contributed by atoms with van der Waals surface area (Å²) in [5.74, 6) is 2.36. The highest BCUT2D eigenvalue weighted by Gasteiger charge is 2.24. The zero-order valence-corrected chi connectivity index (χ0v) is 16.0. The fourth-order valence-electron chi connectivity index (χ4n) is 4.18. The maximum atomic E-state index is 5.54. The maximum absolute atomic E-state index is 5.54. The van der Waals surface area contributed by atoms with Crippen molar-refractivity contribution in [2.24, 2.45) is 0 Å². The number of hydrogen-bond donors (Lipinski definition) is 0. The smallest absolute Gasteiger partial charge is 0.132 e. The van der Waals surface area contributed by atoms with Crippen LogP contribution in [0.25, 0.3) is 0 Å². The lowest BCUT2D eigenvalue weighted by molar-refractivity contribution is 0.193. The van der Waals surface area contributed by atoms with Crippen LogP contribution in [0.2, 0.25) is 0 Å². The molecule has 4 rings (SSSR count). The summed E-state index contributed by atoms with van der Waals surface area (Å²) in [7, 11) is 0. The summed E-state index contributed by atoms with van der Waals surface area (Å²) in [6.07, 6.45) is 1.07. The molecular weight excluding hydrogens is 324 g/mol. The second-order valence-electron chi connectivity index (χ2n) is 7.47. The lowest BCUT2D eigenvalue weighted by Gasteiger charge is -2.38. The van der Waals surface area contributed by atoms with Crippen molar-refractivity contribution >= 4 is 11.5 Å². The number of ether oxygens (including phenoxy) is 1. The van der Waals surface area contributed by atoms with Crippen molar-refractivity contribution in [3.05, 3.63) is 46.9 Å². The Labute approximate surface area is 156 Å². The molecule has 5 nitrogen and oxygen atoms in total. The van der Waals surface area contributed by atoms with Crippen LogP contribution >= 0.6 is 0 Å². The molecule has 0 aliphatic carbocycles. The van der Waals surface area contributed by atoms with Crippen molar-refractivity contribution in [2.45, 2.75) is 33.1 Å². The van der Waals surface area contributed by atoms with E-state index in [1.54, 1.807) is 0 Å². The zero-order chi connectivity index (χ0) is 18.1. The molecule has 1 aromatic heterocycles. The van der Waals surface area contributed by atoms with E-state index >= 15 is 0 Å². The first kappa shape index (κ1) is 17.3. The third-order valence-corrected chi connectivity index (χ3v) is 5.55. The molecule has 0 radical (unpaired) electrons. The Balaban J connectivity index is 1.50. The van der Waals surface area contributed by atoms with Crippen molar-refractivity contribution in [1.29, 1.82) is 0 Å². The van der Waals surface area contributed by atoms with E-state index in [-0.39, 0.29) is 0 Å². The van der Waals surface area contributed by atoms with Crippen LogP contribution in [0.4, 0.5) is 11.5 Å². The fourth-order valence-corrected chi connectivity index (χ4v) is 4.18. The van der Waals surface area contributed by atoms with Crippen LogP contribution in [0.3, 0.4) is 0 Å². The van der Waals surface area contributed by atoms with Gasteiger partial charge in [0.15, 0.2) is 0 Å². The van der Waals surface area contributed by atoms with Gasteiger partial charge in [-0.15, -0.1) is 0 Å². The van der Waals surface area contributed by atoms with Gasteiger partial charge in [0.1, 0.15) is 11.6 Å². The summed E-state index contributed by atoms with van der Waals surface area (Å²) in [6, 6.07) is 8.74. The summed E-state index contributed by atoms with van der Waals surface area (Å²) >= 11 is 0. The molecule has 0 bridgehead atoms. The Kier molecular flexibility index (Phi) is 4.81. The van der Waals surface area contributed by atoms with Crippen LogP contribution in [-0.4, -0.2) is 49.4 Å². The molecule has 5 heteroatoms. The lowest BCUT2D eigenvalue weighted by Crippen LogP contribution is -2.47. The molecule has 0 unspecified atom stereocenters. The molecule has 138 valence electrons. The minimum Gasteiger partial charge on any atom is -0.381 e. The molecule has 26 heavy (non-hydrogen) atoms. The first-order chi connectivity index (χ1) is 12.6. The molecule has 2 saturated heterocycles. The maximum Gasteiger partial charge on any atom is 0.132 e. The summed E-state index contributed by atoms with van der Waals surface area (Å²) in [5.41, 5.74) is 5.26. The van der Waals surface area contributed by atoms with Gasteiger partial charge in [-0.2, -0.15) is 0 Å². The highest BCUT2D eigenvalue weighted by atomic mass is 16.5. The molecule has 2 aliphatic rings. The molecule has 3 heterocycles. The van der Waals surface area contributed by atoms with Crippen LogP contribution < -0.4 is 9.80 Å². The summed E-state index contributed by atoms with van der Waals surface area (Å²) in [4.78, 5) is 14.3. The molecular formula is C21H28N4O. The van der Waals surface area contributed by atoms with Gasteiger partial charge in [-0.25, -0.2) is 9.97 Å². The van der Waals surface area contributed by atoms with Gasteiger partial charge in [0.2, 0.25) is 0 Å². The van der Waals surface area contributed by atoms with Gasteiger partial charge in [0.05, 0.1) is 12.3 Å². The molecule has 0 amide bonds. The quantitative estimate of drug-likeness (QED) is 0.848. The van der Waals surface area contributed by atoms with E-state index in [9.17, 15) is 0 Å². The fraction of sp³-hybridized carbons (Fsp3) is 0.524. The van der Waals surface area contributed by atoms with Crippen LogP contribution in [0, 0.1) is 20.8 Å². The Morgan fingerprint density at radius 2 is 1.65 bits per heavy atom. The largest absolute Gasteiger partial charge is 0.381 e. The number of rotatable bonds is 3. The highest BCUT2D eigenvalue weighted by molar-refractivity contribution is 5.60. The van der Waals surface area contributed by atoms with E-state index < -0.39 is 0 Å². The predicted molar refractivity (Wildman–Crippen MR) is 105 cm³/mol. The topological polar surface area (TPSA) is 41.5 Å². The highest BCUT2D eigenvalue weighted by Crippen LogP contribution is 2.29. The summed E-state index contributed by atoms with van der Waals surface area (Å²) in [5, 5.41) is 0. The Morgan fingerprint density at radius 3 is 2.31 bits per heavy atom. The summed E-state index contributed by atoms with van der Waals surface area (Å²) < 4.78 is 5.54. The van der Waals surface area contributed by atoms with E-state index in [2.05, 4.69) is 52.9 Å². The van der Waals surface area contributed by atoms with Gasteiger partial charge >= 0.3 is 0 Å². The Morgan fingerprint density at radius 1 is 0.962 bits per heavy atom. The van der Waals surface area contributed by atoms with Crippen molar-refractivity contribution < 1.29 is 4.74 Å². The average Bonchev–Trinajstić information content (AvgIpc) is 3.16. The molecule has 0 spiro atoms. The van der Waals surface area contributed by atoms with Crippen LogP contribution in [0.1, 0.15) is 35.0 Å². The number of benzene rings is 1. The first-order valence-electron chi connectivity index (χ1n) is 9.61. The molecule has 1 aromatic carbocycles. The van der Waals surface area contributed by atoms with Gasteiger partial charge in [0, 0.05) is 50.5 Å². The third-order valence-electron chi connectivity index (χ3n) is 5.55. The van der Waals surface area contributed by atoms with Gasteiger partial charge in [-0.05, 0) is 38.3 Å². The minimum absolute atomic E-state index is 0.423. The zero-order valence-electron chi connectivity index (χ0n) is 16.0. The molecule has 1 atom stereocenters. The molecule has 2 aromatic rings. The van der Waals surface area contributed by atoms with Crippen molar-refractivity contribution in [1.82, 2.24) is 9.97 Å². The van der Waals surface area contributed by atoms with Gasteiger partial charge < -0.3 is 14.5 Å². The van der Waals surface area contributed by atoms with Crippen molar-refractivity contribution in [2.75, 3.05) is 49.2 Å². The van der Waals surface area contributed by atoms with Crippen LogP contribution in [0.15, 0.2) is 24.3 Å². The second kappa shape index (κ2) is 7.23. The number of aromatic nitrogens is 2. The normalized spacial score (nSPS) is 20.7. The molecule has 2 fully saturated rings. The minimum atomic E-state index is 0.423. The molecule has 2 aliphatic heterocycles. The number of anilines is 2. The Bertz CT molecular complexity index is 757. The van der Waals surface area contributed by atoms with Crippen molar-refractivity contribution in [3.8, 4) is 0 Å². The SMILES string of the molecule is Cc1nc([C@H]2CCOC2)cc(N2CCN(c3c(C)cccc3C)CC2)n1. The van der Waals surface area contributed by atoms with E-state index in [1.807, 2.05) is 6.92 Å². The molecule has 0 saturated carbocycles. The van der Waals surface area contributed by atoms with Crippen molar-refractivity contribution in [3.63, 3.8) is 0 Å². The number of piperazine rings is 1. The van der Waals surface area contributed by atoms with E-state index in [1.165, 1.54) is 16.8 Å². The summed E-state index contributed by atoms with van der Waals surface area (Å²) in [6.45, 7) is 12.1. The number of hydrogen-bond acceptors (Lipinski definition) is 5. The average molecular weight is 352 g/mol. The van der Waals surface area contributed by atoms with E-state index in [0.29, 0.717) is 5.92 Å². The van der Waals surface area contributed by atoms with Gasteiger partial charge in [0.25, 0.3) is 0 Å². The van der Waals surface area contributed by atoms with Gasteiger partial charge in [-0.3, -0.25) is 0 Å². The van der Waals surface area contributed by atoms with E-state index in [4.69, 9.17) is 9.72 Å². The predicted octanol–water partition coefficient (Wildman–Crippen LogP) is 3.23. The number of nitrogens with zero attached hydrogens (tertiary/aromatic N) is 4. The monoisotopic (exact) mass is 352 g/mol. The van der Waals surface area contributed by atoms with Gasteiger partial charge in [-0.1, -0.05) is 18.2 Å². The number of aryl methyl sites for hydroxylation is 3. The second-order valence-corrected chi connectivity index (χ2v) is 7.47.